The van der Waals surface area contributed by atoms with E-state index >= 15 is 0 Å². The molecule has 0 radical (unpaired) electrons. The lowest BCUT2D eigenvalue weighted by Gasteiger charge is -2.22. The van der Waals surface area contributed by atoms with Crippen molar-refractivity contribution in [3.05, 3.63) is 70.2 Å². The third-order valence-electron chi connectivity index (χ3n) is 4.29. The first-order chi connectivity index (χ1) is 13.5. The summed E-state index contributed by atoms with van der Waals surface area (Å²) in [5.74, 6) is -0.988. The highest BCUT2D eigenvalue weighted by Gasteiger charge is 2.29. The van der Waals surface area contributed by atoms with Crippen LogP contribution in [-0.4, -0.2) is 31.8 Å². The highest BCUT2D eigenvalue weighted by atomic mass is 79.9. The molecule has 2 aromatic heterocycles. The van der Waals surface area contributed by atoms with Gasteiger partial charge in [-0.1, -0.05) is 34.1 Å². The minimum Gasteiger partial charge on any atom is -0.364 e. The van der Waals surface area contributed by atoms with E-state index in [-0.39, 0.29) is 11.4 Å². The number of para-hydroxylation sites is 2. The number of primary amides is 1. The number of aryl methyl sites for hydroxylation is 1. The summed E-state index contributed by atoms with van der Waals surface area (Å²) in [5, 5.41) is 0. The highest BCUT2D eigenvalue weighted by molar-refractivity contribution is 9.10. The molecule has 8 nitrogen and oxygen atoms in total. The monoisotopic (exact) mass is 438 g/mol. The number of aromatic amines is 2. The van der Waals surface area contributed by atoms with Gasteiger partial charge in [0.15, 0.2) is 5.69 Å². The van der Waals surface area contributed by atoms with Gasteiger partial charge in [-0.05, 0) is 36.8 Å². The summed E-state index contributed by atoms with van der Waals surface area (Å²) in [6.07, 6.45) is 1.26. The molecule has 28 heavy (non-hydrogen) atoms. The minimum atomic E-state index is -0.767. The number of nitrogens with zero attached hydrogens (tertiary/aromatic N) is 3. The molecule has 0 saturated heterocycles. The van der Waals surface area contributed by atoms with E-state index in [9.17, 15) is 9.59 Å². The quantitative estimate of drug-likeness (QED) is 0.451. The molecular formula is C19H15BrN6O2. The number of nitrogens with one attached hydrogen (secondary N) is 2. The number of anilines is 2. The summed E-state index contributed by atoms with van der Waals surface area (Å²) in [5.41, 5.74) is 8.17. The number of halogens is 1. The number of benzene rings is 2. The third kappa shape index (κ3) is 3.05. The Kier molecular flexibility index (Phi) is 4.44. The van der Waals surface area contributed by atoms with E-state index in [1.54, 1.807) is 6.07 Å². The maximum Gasteiger partial charge on any atom is 0.286 e. The van der Waals surface area contributed by atoms with Crippen molar-refractivity contribution in [2.45, 2.75) is 6.92 Å². The molecule has 0 unspecified atom stereocenters. The second kappa shape index (κ2) is 6.93. The van der Waals surface area contributed by atoms with Crippen molar-refractivity contribution in [2.24, 2.45) is 5.73 Å². The van der Waals surface area contributed by atoms with E-state index in [0.717, 1.165) is 15.6 Å². The van der Waals surface area contributed by atoms with Gasteiger partial charge in [-0.25, -0.2) is 14.9 Å². The lowest BCUT2D eigenvalue weighted by atomic mass is 10.1. The van der Waals surface area contributed by atoms with Gasteiger partial charge in [-0.15, -0.1) is 0 Å². The molecule has 0 aliphatic carbocycles. The molecule has 0 fully saturated rings. The summed E-state index contributed by atoms with van der Waals surface area (Å²) >= 11 is 3.44. The van der Waals surface area contributed by atoms with Gasteiger partial charge in [0.2, 0.25) is 5.95 Å². The Morgan fingerprint density at radius 2 is 1.96 bits per heavy atom. The SMILES string of the molecule is Cc1ccc(Br)cc1N(C(=O)c1nc[nH]c1C(N)=O)c1nc2ccccc2[nH]1. The predicted molar refractivity (Wildman–Crippen MR) is 109 cm³/mol. The smallest absolute Gasteiger partial charge is 0.286 e. The van der Waals surface area contributed by atoms with Crippen LogP contribution in [0.5, 0.6) is 0 Å². The van der Waals surface area contributed by atoms with Crippen molar-refractivity contribution >= 4 is 50.4 Å². The number of rotatable bonds is 4. The van der Waals surface area contributed by atoms with Crippen LogP contribution >= 0.6 is 15.9 Å². The van der Waals surface area contributed by atoms with Crippen LogP contribution in [0.4, 0.5) is 11.6 Å². The molecule has 0 bridgehead atoms. The molecule has 4 rings (SSSR count). The van der Waals surface area contributed by atoms with Crippen LogP contribution in [0.1, 0.15) is 26.5 Å². The first kappa shape index (κ1) is 17.9. The first-order valence-electron chi connectivity index (χ1n) is 8.34. The normalized spacial score (nSPS) is 10.9. The maximum atomic E-state index is 13.4. The Hall–Kier alpha value is -3.46. The van der Waals surface area contributed by atoms with E-state index in [0.29, 0.717) is 17.2 Å². The zero-order valence-electron chi connectivity index (χ0n) is 14.7. The van der Waals surface area contributed by atoms with Crippen molar-refractivity contribution in [3.8, 4) is 0 Å². The standard InChI is InChI=1S/C19H15BrN6O2/c1-10-6-7-11(20)8-14(10)26(18(28)16-15(17(21)27)22-9-23-16)19-24-12-4-2-3-5-13(12)25-19/h2-9H,1H3,(H2,21,27)(H,22,23)(H,24,25). The Morgan fingerprint density at radius 1 is 1.18 bits per heavy atom. The Balaban J connectivity index is 1.93. The first-order valence-corrected chi connectivity index (χ1v) is 9.13. The van der Waals surface area contributed by atoms with Gasteiger partial charge in [0.05, 0.1) is 23.0 Å². The van der Waals surface area contributed by atoms with Crippen LogP contribution in [0.3, 0.4) is 0 Å². The van der Waals surface area contributed by atoms with Gasteiger partial charge in [0.25, 0.3) is 11.8 Å². The van der Waals surface area contributed by atoms with E-state index in [4.69, 9.17) is 5.73 Å². The van der Waals surface area contributed by atoms with E-state index in [2.05, 4.69) is 35.9 Å². The van der Waals surface area contributed by atoms with Crippen LogP contribution in [0.25, 0.3) is 11.0 Å². The number of carbonyl (C=O) groups excluding carboxylic acids is 2. The number of hydrogen-bond donors (Lipinski definition) is 3. The van der Waals surface area contributed by atoms with Crippen molar-refractivity contribution in [3.63, 3.8) is 0 Å². The van der Waals surface area contributed by atoms with Crippen LogP contribution < -0.4 is 10.6 Å². The summed E-state index contributed by atoms with van der Waals surface area (Å²) in [4.78, 5) is 40.9. The molecule has 4 aromatic rings. The topological polar surface area (TPSA) is 121 Å². The summed E-state index contributed by atoms with van der Waals surface area (Å²) in [7, 11) is 0. The van der Waals surface area contributed by atoms with Crippen molar-refractivity contribution < 1.29 is 9.59 Å². The van der Waals surface area contributed by atoms with Gasteiger partial charge in [0, 0.05) is 4.47 Å². The van der Waals surface area contributed by atoms with Crippen LogP contribution in [0.15, 0.2) is 53.3 Å². The molecule has 0 aliphatic heterocycles. The molecule has 140 valence electrons. The van der Waals surface area contributed by atoms with E-state index in [1.807, 2.05) is 43.3 Å². The molecule has 2 amide bonds. The van der Waals surface area contributed by atoms with Gasteiger partial charge in [-0.2, -0.15) is 0 Å². The molecule has 2 aromatic carbocycles. The molecule has 0 atom stereocenters. The number of carbonyl (C=O) groups is 2. The number of H-pyrrole nitrogens is 2. The average Bonchev–Trinajstić information content (AvgIpc) is 3.31. The lowest BCUT2D eigenvalue weighted by Crippen LogP contribution is -2.30. The molecule has 2 heterocycles. The minimum absolute atomic E-state index is 0.0567. The number of imidazole rings is 2. The average molecular weight is 439 g/mol. The van der Waals surface area contributed by atoms with Gasteiger partial charge < -0.3 is 15.7 Å². The van der Waals surface area contributed by atoms with Crippen LogP contribution in [-0.2, 0) is 0 Å². The number of amides is 2. The molecule has 0 spiro atoms. The predicted octanol–water partition coefficient (Wildman–Crippen LogP) is 3.43. The van der Waals surface area contributed by atoms with Gasteiger partial charge in [0.1, 0.15) is 5.69 Å². The second-order valence-corrected chi connectivity index (χ2v) is 7.06. The number of aromatic nitrogens is 4. The fourth-order valence-corrected chi connectivity index (χ4v) is 3.29. The number of hydrogen-bond acceptors (Lipinski definition) is 4. The molecule has 9 heteroatoms. The highest BCUT2D eigenvalue weighted by Crippen LogP contribution is 2.32. The Bertz CT molecular complexity index is 1180. The van der Waals surface area contributed by atoms with Gasteiger partial charge in [-0.3, -0.25) is 9.59 Å². The Labute approximate surface area is 167 Å². The van der Waals surface area contributed by atoms with Gasteiger partial charge >= 0.3 is 0 Å². The lowest BCUT2D eigenvalue weighted by molar-refractivity contribution is 0.0961. The fraction of sp³-hybridized carbons (Fsp3) is 0.0526. The fourth-order valence-electron chi connectivity index (χ4n) is 2.94. The molecular weight excluding hydrogens is 424 g/mol. The maximum absolute atomic E-state index is 13.4. The zero-order valence-corrected chi connectivity index (χ0v) is 16.3. The van der Waals surface area contributed by atoms with E-state index < -0.39 is 11.8 Å². The van der Waals surface area contributed by atoms with Crippen LogP contribution in [0.2, 0.25) is 0 Å². The summed E-state index contributed by atoms with van der Waals surface area (Å²) < 4.78 is 0.791. The number of nitrogens with two attached hydrogens (primary N) is 1. The van der Waals surface area contributed by atoms with Crippen molar-refractivity contribution in [1.82, 2.24) is 19.9 Å². The largest absolute Gasteiger partial charge is 0.364 e. The van der Waals surface area contributed by atoms with Crippen molar-refractivity contribution in [1.29, 1.82) is 0 Å². The van der Waals surface area contributed by atoms with Crippen LogP contribution in [0, 0.1) is 6.92 Å². The molecule has 0 aliphatic rings. The summed E-state index contributed by atoms with van der Waals surface area (Å²) in [6.45, 7) is 1.88. The third-order valence-corrected chi connectivity index (χ3v) is 4.79. The molecule has 0 saturated carbocycles. The second-order valence-electron chi connectivity index (χ2n) is 6.14. The van der Waals surface area contributed by atoms with Crippen molar-refractivity contribution in [2.75, 3.05) is 4.90 Å². The zero-order chi connectivity index (χ0) is 19.8. The van der Waals surface area contributed by atoms with E-state index in [1.165, 1.54) is 11.2 Å². The Morgan fingerprint density at radius 3 is 2.71 bits per heavy atom. The summed E-state index contributed by atoms with van der Waals surface area (Å²) in [6, 6.07) is 13.0. The molecule has 4 N–H and O–H groups in total. The number of fused-ring (bicyclic) bond motifs is 1.